The van der Waals surface area contributed by atoms with Crippen LogP contribution >= 0.6 is 15.9 Å². The molecule has 0 spiro atoms. The van der Waals surface area contributed by atoms with Crippen molar-refractivity contribution in [2.45, 2.75) is 20.3 Å². The summed E-state index contributed by atoms with van der Waals surface area (Å²) >= 11 is 3.43. The van der Waals surface area contributed by atoms with E-state index in [0.29, 0.717) is 11.5 Å². The van der Waals surface area contributed by atoms with Crippen LogP contribution in [0.5, 0.6) is 0 Å². The third-order valence-electron chi connectivity index (χ3n) is 2.86. The van der Waals surface area contributed by atoms with Crippen molar-refractivity contribution in [1.29, 1.82) is 0 Å². The Kier molecular flexibility index (Phi) is 5.27. The van der Waals surface area contributed by atoms with Gasteiger partial charge in [0.25, 0.3) is 5.91 Å². The normalized spacial score (nSPS) is 10.2. The Morgan fingerprint density at radius 1 is 1.29 bits per heavy atom. The lowest BCUT2D eigenvalue weighted by Crippen LogP contribution is -2.13. The molecule has 2 N–H and O–H groups in total. The van der Waals surface area contributed by atoms with E-state index in [1.54, 1.807) is 0 Å². The van der Waals surface area contributed by atoms with Gasteiger partial charge >= 0.3 is 0 Å². The molecule has 5 nitrogen and oxygen atoms in total. The molecule has 1 amide bonds. The van der Waals surface area contributed by atoms with Crippen molar-refractivity contribution in [2.24, 2.45) is 0 Å². The summed E-state index contributed by atoms with van der Waals surface area (Å²) in [4.78, 5) is 20.4. The van der Waals surface area contributed by atoms with Crippen molar-refractivity contribution in [3.8, 4) is 0 Å². The fourth-order valence-electron chi connectivity index (χ4n) is 1.70. The van der Waals surface area contributed by atoms with E-state index in [1.165, 1.54) is 12.4 Å². The Bertz CT molecular complexity index is 628. The average molecular weight is 349 g/mol. The van der Waals surface area contributed by atoms with Crippen LogP contribution in [-0.2, 0) is 0 Å². The van der Waals surface area contributed by atoms with Gasteiger partial charge in [-0.25, -0.2) is 9.97 Å². The third kappa shape index (κ3) is 4.26. The molecule has 0 fully saturated rings. The van der Waals surface area contributed by atoms with Crippen LogP contribution in [0.3, 0.4) is 0 Å². The van der Waals surface area contributed by atoms with Gasteiger partial charge in [0.15, 0.2) is 0 Å². The Morgan fingerprint density at radius 2 is 2.00 bits per heavy atom. The molecule has 0 saturated carbocycles. The molecule has 0 aliphatic heterocycles. The minimum absolute atomic E-state index is 0.223. The Morgan fingerprint density at radius 3 is 2.62 bits per heavy atom. The largest absolute Gasteiger partial charge is 0.354 e. The maximum Gasteiger partial charge on any atom is 0.258 e. The summed E-state index contributed by atoms with van der Waals surface area (Å²) in [5, 5.41) is 5.89. The second-order valence-electron chi connectivity index (χ2n) is 4.64. The van der Waals surface area contributed by atoms with Crippen molar-refractivity contribution in [3.05, 3.63) is 46.2 Å². The van der Waals surface area contributed by atoms with E-state index in [4.69, 9.17) is 0 Å². The average Bonchev–Trinajstić information content (AvgIpc) is 2.49. The van der Waals surface area contributed by atoms with Gasteiger partial charge in [-0.3, -0.25) is 4.79 Å². The minimum Gasteiger partial charge on any atom is -0.354 e. The second kappa shape index (κ2) is 7.17. The molecule has 0 bridgehead atoms. The molecule has 1 aromatic heterocycles. The van der Waals surface area contributed by atoms with Crippen molar-refractivity contribution >= 4 is 33.5 Å². The highest BCUT2D eigenvalue weighted by molar-refractivity contribution is 9.10. The predicted octanol–water partition coefficient (Wildman–Crippen LogP) is 3.62. The summed E-state index contributed by atoms with van der Waals surface area (Å²) in [6.07, 6.45) is 4.03. The van der Waals surface area contributed by atoms with E-state index in [0.717, 1.165) is 28.7 Å². The van der Waals surface area contributed by atoms with E-state index in [-0.39, 0.29) is 5.91 Å². The van der Waals surface area contributed by atoms with Gasteiger partial charge in [-0.1, -0.05) is 22.9 Å². The highest BCUT2D eigenvalue weighted by Crippen LogP contribution is 2.20. The van der Waals surface area contributed by atoms with Gasteiger partial charge in [0.1, 0.15) is 0 Å². The quantitative estimate of drug-likeness (QED) is 0.865. The van der Waals surface area contributed by atoms with Gasteiger partial charge in [-0.2, -0.15) is 0 Å². The number of anilines is 2. The van der Waals surface area contributed by atoms with Crippen LogP contribution in [0.25, 0.3) is 0 Å². The summed E-state index contributed by atoms with van der Waals surface area (Å²) in [6.45, 7) is 4.84. The zero-order chi connectivity index (χ0) is 15.2. The molecule has 6 heteroatoms. The van der Waals surface area contributed by atoms with Crippen LogP contribution < -0.4 is 10.6 Å². The molecule has 0 unspecified atom stereocenters. The number of aromatic nitrogens is 2. The Hall–Kier alpha value is -1.95. The van der Waals surface area contributed by atoms with Crippen LogP contribution in [0.15, 0.2) is 35.1 Å². The summed E-state index contributed by atoms with van der Waals surface area (Å²) in [5.74, 6) is 0.312. The maximum absolute atomic E-state index is 12.1. The second-order valence-corrected chi connectivity index (χ2v) is 5.49. The van der Waals surface area contributed by atoms with Crippen LogP contribution in [0.2, 0.25) is 0 Å². The Balaban J connectivity index is 2.04. The summed E-state index contributed by atoms with van der Waals surface area (Å²) in [7, 11) is 0. The Labute approximate surface area is 132 Å². The van der Waals surface area contributed by atoms with Crippen LogP contribution in [0, 0.1) is 6.92 Å². The fraction of sp³-hybridized carbons (Fsp3) is 0.267. The van der Waals surface area contributed by atoms with E-state index >= 15 is 0 Å². The molecule has 0 radical (unpaired) electrons. The number of nitrogens with zero attached hydrogens (tertiary/aromatic N) is 2. The van der Waals surface area contributed by atoms with Gasteiger partial charge in [-0.05, 0) is 37.1 Å². The van der Waals surface area contributed by atoms with E-state index in [1.807, 2.05) is 25.1 Å². The standard InChI is InChI=1S/C15H17BrN4O/c1-3-6-17-15-18-8-11(9-19-15)14(21)20-12-4-5-13(16)10(2)7-12/h4-5,7-9H,3,6H2,1-2H3,(H,20,21)(H,17,18,19). The van der Waals surface area contributed by atoms with Gasteiger partial charge in [0.05, 0.1) is 5.56 Å². The first kappa shape index (κ1) is 15.4. The van der Waals surface area contributed by atoms with Gasteiger partial charge in [-0.15, -0.1) is 0 Å². The van der Waals surface area contributed by atoms with Gasteiger partial charge in [0, 0.05) is 29.1 Å². The molecule has 0 aliphatic carbocycles. The SMILES string of the molecule is CCCNc1ncc(C(=O)Nc2ccc(Br)c(C)c2)cn1. The van der Waals surface area contributed by atoms with Gasteiger partial charge < -0.3 is 10.6 Å². The van der Waals surface area contributed by atoms with Gasteiger partial charge in [0.2, 0.25) is 5.95 Å². The first-order chi connectivity index (χ1) is 10.1. The van der Waals surface area contributed by atoms with E-state index < -0.39 is 0 Å². The number of amides is 1. The zero-order valence-corrected chi connectivity index (χ0v) is 13.6. The number of halogens is 1. The molecule has 0 saturated heterocycles. The van der Waals surface area contributed by atoms with Crippen LogP contribution in [0.1, 0.15) is 29.3 Å². The number of carbonyl (C=O) groups excluding carboxylic acids is 1. The predicted molar refractivity (Wildman–Crippen MR) is 87.6 cm³/mol. The van der Waals surface area contributed by atoms with E-state index in [2.05, 4.69) is 43.5 Å². The highest BCUT2D eigenvalue weighted by Gasteiger charge is 2.08. The van der Waals surface area contributed by atoms with Crippen molar-refractivity contribution in [2.75, 3.05) is 17.2 Å². The summed E-state index contributed by atoms with van der Waals surface area (Å²) in [6, 6.07) is 5.65. The third-order valence-corrected chi connectivity index (χ3v) is 3.75. The number of aryl methyl sites for hydroxylation is 1. The molecule has 110 valence electrons. The maximum atomic E-state index is 12.1. The molecular formula is C15H17BrN4O. The number of hydrogen-bond donors (Lipinski definition) is 2. The fourth-order valence-corrected chi connectivity index (χ4v) is 1.95. The molecule has 0 atom stereocenters. The minimum atomic E-state index is -0.223. The number of hydrogen-bond acceptors (Lipinski definition) is 4. The molecule has 1 heterocycles. The van der Waals surface area contributed by atoms with E-state index in [9.17, 15) is 4.79 Å². The molecule has 21 heavy (non-hydrogen) atoms. The molecule has 2 rings (SSSR count). The lowest BCUT2D eigenvalue weighted by molar-refractivity contribution is 0.102. The molecule has 2 aromatic rings. The summed E-state index contributed by atoms with van der Waals surface area (Å²) in [5.41, 5.74) is 2.23. The van der Waals surface area contributed by atoms with Crippen LogP contribution in [0.4, 0.5) is 11.6 Å². The zero-order valence-electron chi connectivity index (χ0n) is 12.0. The number of benzene rings is 1. The lowest BCUT2D eigenvalue weighted by atomic mass is 10.2. The summed E-state index contributed by atoms with van der Waals surface area (Å²) < 4.78 is 1.01. The number of nitrogens with one attached hydrogen (secondary N) is 2. The monoisotopic (exact) mass is 348 g/mol. The smallest absolute Gasteiger partial charge is 0.258 e. The van der Waals surface area contributed by atoms with Crippen LogP contribution in [-0.4, -0.2) is 22.4 Å². The molecule has 0 aliphatic rings. The molecular weight excluding hydrogens is 332 g/mol. The number of rotatable bonds is 5. The van der Waals surface area contributed by atoms with Crippen molar-refractivity contribution in [1.82, 2.24) is 9.97 Å². The first-order valence-electron chi connectivity index (χ1n) is 6.73. The topological polar surface area (TPSA) is 66.9 Å². The number of carbonyl (C=O) groups is 1. The van der Waals surface area contributed by atoms with Crippen molar-refractivity contribution in [3.63, 3.8) is 0 Å². The highest BCUT2D eigenvalue weighted by atomic mass is 79.9. The lowest BCUT2D eigenvalue weighted by Gasteiger charge is -2.07. The van der Waals surface area contributed by atoms with Crippen molar-refractivity contribution < 1.29 is 4.79 Å². The molecule has 1 aromatic carbocycles. The first-order valence-corrected chi connectivity index (χ1v) is 7.53.